The average Bonchev–Trinajstić information content (AvgIpc) is 2.60. The first-order valence-corrected chi connectivity index (χ1v) is 7.55. The van der Waals surface area contributed by atoms with E-state index in [1.54, 1.807) is 0 Å². The third kappa shape index (κ3) is 2.67. The molecule has 0 spiro atoms. The number of aromatic nitrogens is 1. The molecule has 17 heavy (non-hydrogen) atoms. The minimum atomic E-state index is 1.21. The van der Waals surface area contributed by atoms with Gasteiger partial charge in [-0.2, -0.15) is 0 Å². The lowest BCUT2D eigenvalue weighted by molar-refractivity contribution is 0.649. The van der Waals surface area contributed by atoms with Crippen molar-refractivity contribution in [2.45, 2.75) is 39.0 Å². The molecule has 0 unspecified atom stereocenters. The van der Waals surface area contributed by atoms with Crippen molar-refractivity contribution in [3.8, 4) is 0 Å². The number of rotatable bonds is 5. The van der Waals surface area contributed by atoms with Gasteiger partial charge in [-0.05, 0) is 41.5 Å². The van der Waals surface area contributed by atoms with Crippen LogP contribution in [0, 0.1) is 3.57 Å². The van der Waals surface area contributed by atoms with E-state index in [1.165, 1.54) is 52.3 Å². The zero-order valence-corrected chi connectivity index (χ0v) is 12.8. The van der Waals surface area contributed by atoms with Crippen LogP contribution in [0.25, 0.3) is 10.9 Å². The molecule has 1 aromatic carbocycles. The van der Waals surface area contributed by atoms with Gasteiger partial charge in [0.15, 0.2) is 0 Å². The van der Waals surface area contributed by atoms with E-state index in [-0.39, 0.29) is 0 Å². The Morgan fingerprint density at radius 1 is 1.12 bits per heavy atom. The van der Waals surface area contributed by atoms with Crippen LogP contribution in [0.5, 0.6) is 0 Å². The molecule has 0 aliphatic carbocycles. The molecular formula is C15H20IN. The van der Waals surface area contributed by atoms with E-state index in [9.17, 15) is 0 Å². The highest BCUT2D eigenvalue weighted by atomic mass is 127. The lowest BCUT2D eigenvalue weighted by Crippen LogP contribution is -1.97. The van der Waals surface area contributed by atoms with Crippen molar-refractivity contribution in [3.63, 3.8) is 0 Å². The molecular weight excluding hydrogens is 321 g/mol. The lowest BCUT2D eigenvalue weighted by atomic mass is 10.1. The standard InChI is InChI=1S/C15H20IN/c1-3-4-5-6-11-14-15(16)12-9-7-8-10-13(12)17(14)2/h7-10H,3-6,11H2,1-2H3. The fraction of sp³-hybridized carbons (Fsp3) is 0.467. The molecule has 0 fully saturated rings. The molecule has 0 aliphatic heterocycles. The molecule has 2 rings (SSSR count). The van der Waals surface area contributed by atoms with Gasteiger partial charge in [0.2, 0.25) is 0 Å². The quantitative estimate of drug-likeness (QED) is 0.538. The predicted octanol–water partition coefficient (Wildman–Crippen LogP) is 4.91. The molecule has 0 saturated heterocycles. The predicted molar refractivity (Wildman–Crippen MR) is 83.5 cm³/mol. The highest BCUT2D eigenvalue weighted by Crippen LogP contribution is 2.27. The van der Waals surface area contributed by atoms with Gasteiger partial charge in [0, 0.05) is 27.2 Å². The molecule has 0 amide bonds. The summed E-state index contributed by atoms with van der Waals surface area (Å²) in [5.41, 5.74) is 2.87. The van der Waals surface area contributed by atoms with E-state index in [0.29, 0.717) is 0 Å². The van der Waals surface area contributed by atoms with E-state index in [1.807, 2.05) is 0 Å². The van der Waals surface area contributed by atoms with Gasteiger partial charge in [0.25, 0.3) is 0 Å². The number of halogens is 1. The third-order valence-electron chi connectivity index (χ3n) is 3.43. The number of para-hydroxylation sites is 1. The molecule has 0 aliphatic rings. The first-order valence-electron chi connectivity index (χ1n) is 6.47. The van der Waals surface area contributed by atoms with Crippen molar-refractivity contribution in [1.29, 1.82) is 0 Å². The van der Waals surface area contributed by atoms with Gasteiger partial charge in [-0.15, -0.1) is 0 Å². The van der Waals surface area contributed by atoms with Crippen LogP contribution in [0.1, 0.15) is 38.3 Å². The first-order chi connectivity index (χ1) is 8.25. The number of fused-ring (bicyclic) bond motifs is 1. The Labute approximate surface area is 117 Å². The number of aryl methyl sites for hydroxylation is 1. The highest BCUT2D eigenvalue weighted by molar-refractivity contribution is 14.1. The van der Waals surface area contributed by atoms with E-state index >= 15 is 0 Å². The summed E-state index contributed by atoms with van der Waals surface area (Å²) >= 11 is 2.50. The van der Waals surface area contributed by atoms with Gasteiger partial charge in [-0.25, -0.2) is 0 Å². The number of benzene rings is 1. The second kappa shape index (κ2) is 5.89. The van der Waals surface area contributed by atoms with Gasteiger partial charge < -0.3 is 4.57 Å². The zero-order chi connectivity index (χ0) is 12.3. The fourth-order valence-electron chi connectivity index (χ4n) is 2.40. The molecule has 0 N–H and O–H groups in total. The maximum atomic E-state index is 2.50. The summed E-state index contributed by atoms with van der Waals surface area (Å²) < 4.78 is 3.81. The topological polar surface area (TPSA) is 4.93 Å². The van der Waals surface area contributed by atoms with Crippen LogP contribution < -0.4 is 0 Å². The van der Waals surface area contributed by atoms with Gasteiger partial charge in [-0.3, -0.25) is 0 Å². The Hall–Kier alpha value is -0.510. The molecule has 92 valence electrons. The number of hydrogen-bond donors (Lipinski definition) is 0. The minimum absolute atomic E-state index is 1.21. The monoisotopic (exact) mass is 341 g/mol. The summed E-state index contributed by atoms with van der Waals surface area (Å²) in [5, 5.41) is 1.40. The molecule has 1 nitrogen and oxygen atoms in total. The Morgan fingerprint density at radius 2 is 1.88 bits per heavy atom. The Morgan fingerprint density at radius 3 is 2.59 bits per heavy atom. The van der Waals surface area contributed by atoms with E-state index in [4.69, 9.17) is 0 Å². The van der Waals surface area contributed by atoms with Crippen molar-refractivity contribution >= 4 is 33.5 Å². The summed E-state index contributed by atoms with van der Waals surface area (Å²) in [6.45, 7) is 2.26. The summed E-state index contributed by atoms with van der Waals surface area (Å²) in [6, 6.07) is 8.70. The van der Waals surface area contributed by atoms with Crippen molar-refractivity contribution in [1.82, 2.24) is 4.57 Å². The third-order valence-corrected chi connectivity index (χ3v) is 4.63. The second-order valence-corrected chi connectivity index (χ2v) is 5.73. The second-order valence-electron chi connectivity index (χ2n) is 4.65. The van der Waals surface area contributed by atoms with Crippen LogP contribution in [0.15, 0.2) is 24.3 Å². The Balaban J connectivity index is 2.22. The molecule has 0 saturated carbocycles. The number of nitrogens with zero attached hydrogens (tertiary/aromatic N) is 1. The fourth-order valence-corrected chi connectivity index (χ4v) is 3.48. The maximum absolute atomic E-state index is 2.50. The number of unbranched alkanes of at least 4 members (excludes halogenated alkanes) is 3. The SMILES string of the molecule is CCCCCCc1c(I)c2ccccc2n1C. The van der Waals surface area contributed by atoms with Gasteiger partial charge in [0.1, 0.15) is 0 Å². The van der Waals surface area contributed by atoms with Crippen LogP contribution in [0.4, 0.5) is 0 Å². The Bertz CT molecular complexity index is 460. The lowest BCUT2D eigenvalue weighted by Gasteiger charge is -2.04. The maximum Gasteiger partial charge on any atom is 0.0490 e. The largest absolute Gasteiger partial charge is 0.347 e. The van der Waals surface area contributed by atoms with E-state index in [2.05, 4.69) is 65.4 Å². The minimum Gasteiger partial charge on any atom is -0.347 e. The normalized spacial score (nSPS) is 11.2. The zero-order valence-electron chi connectivity index (χ0n) is 10.7. The first kappa shape index (κ1) is 12.9. The summed E-state index contributed by atoms with van der Waals surface area (Å²) in [4.78, 5) is 0. The summed E-state index contributed by atoms with van der Waals surface area (Å²) in [7, 11) is 2.19. The van der Waals surface area contributed by atoms with Gasteiger partial charge in [0.05, 0.1) is 0 Å². The Kier molecular flexibility index (Phi) is 4.48. The molecule has 2 heteroatoms. The highest BCUT2D eigenvalue weighted by Gasteiger charge is 2.11. The summed E-state index contributed by atoms with van der Waals surface area (Å²) in [5.74, 6) is 0. The van der Waals surface area contributed by atoms with Crippen molar-refractivity contribution in [2.75, 3.05) is 0 Å². The molecule has 2 aromatic rings. The van der Waals surface area contributed by atoms with Gasteiger partial charge in [-0.1, -0.05) is 44.4 Å². The summed E-state index contributed by atoms with van der Waals surface area (Å²) in [6.07, 6.45) is 6.55. The van der Waals surface area contributed by atoms with Crippen LogP contribution >= 0.6 is 22.6 Å². The van der Waals surface area contributed by atoms with Crippen LogP contribution in [-0.4, -0.2) is 4.57 Å². The number of hydrogen-bond acceptors (Lipinski definition) is 0. The molecule has 1 aromatic heterocycles. The van der Waals surface area contributed by atoms with Crippen LogP contribution in [-0.2, 0) is 13.5 Å². The smallest absolute Gasteiger partial charge is 0.0490 e. The average molecular weight is 341 g/mol. The van der Waals surface area contributed by atoms with Crippen molar-refractivity contribution in [2.24, 2.45) is 7.05 Å². The van der Waals surface area contributed by atoms with Crippen molar-refractivity contribution < 1.29 is 0 Å². The molecule has 1 heterocycles. The molecule has 0 radical (unpaired) electrons. The van der Waals surface area contributed by atoms with E-state index in [0.717, 1.165) is 0 Å². The molecule has 0 bridgehead atoms. The van der Waals surface area contributed by atoms with Crippen LogP contribution in [0.3, 0.4) is 0 Å². The van der Waals surface area contributed by atoms with Gasteiger partial charge >= 0.3 is 0 Å². The molecule has 0 atom stereocenters. The van der Waals surface area contributed by atoms with Crippen molar-refractivity contribution in [3.05, 3.63) is 33.5 Å². The van der Waals surface area contributed by atoms with Crippen LogP contribution in [0.2, 0.25) is 0 Å². The van der Waals surface area contributed by atoms with E-state index < -0.39 is 0 Å².